The van der Waals surface area contributed by atoms with E-state index in [0.717, 1.165) is 5.39 Å². The van der Waals surface area contributed by atoms with Gasteiger partial charge in [0.1, 0.15) is 11.3 Å². The maximum atomic E-state index is 13.0. The van der Waals surface area contributed by atoms with E-state index in [1.807, 2.05) is 18.2 Å². The van der Waals surface area contributed by atoms with E-state index in [1.54, 1.807) is 44.4 Å². The molecule has 5 nitrogen and oxygen atoms in total. The van der Waals surface area contributed by atoms with Crippen LogP contribution in [0.2, 0.25) is 0 Å². The van der Waals surface area contributed by atoms with E-state index in [-0.39, 0.29) is 11.5 Å². The van der Waals surface area contributed by atoms with Crippen molar-refractivity contribution in [2.45, 2.75) is 12.8 Å². The van der Waals surface area contributed by atoms with Crippen molar-refractivity contribution in [2.24, 2.45) is 0 Å². The van der Waals surface area contributed by atoms with Gasteiger partial charge in [-0.2, -0.15) is 0 Å². The lowest BCUT2D eigenvalue weighted by atomic mass is 9.94. The zero-order valence-electron chi connectivity index (χ0n) is 14.2. The second-order valence-corrected chi connectivity index (χ2v) is 5.64. The first-order chi connectivity index (χ1) is 12.1. The molecular formula is C20H18O5. The minimum Gasteiger partial charge on any atom is -0.497 e. The predicted octanol–water partition coefficient (Wildman–Crippen LogP) is 3.95. The Hall–Kier alpha value is -3.08. The summed E-state index contributed by atoms with van der Waals surface area (Å²) in [7, 11) is 2.89. The number of hydrogen-bond donors (Lipinski definition) is 0. The quantitative estimate of drug-likeness (QED) is 0.520. The van der Waals surface area contributed by atoms with Crippen molar-refractivity contribution in [3.63, 3.8) is 0 Å². The molecule has 0 spiro atoms. The van der Waals surface area contributed by atoms with E-state index in [9.17, 15) is 9.59 Å². The standard InChI is InChI=1S/C20H18O5/c1-12(20(22)24-3)17-15-6-4-5-7-16(15)25-19(17)18(21)13-8-10-14(23-2)11-9-13/h4-12H,1-3H3/t12-/m0/s1. The van der Waals surface area contributed by atoms with Crippen molar-refractivity contribution in [2.75, 3.05) is 14.2 Å². The smallest absolute Gasteiger partial charge is 0.313 e. The second-order valence-electron chi connectivity index (χ2n) is 5.64. The molecule has 0 saturated heterocycles. The van der Waals surface area contributed by atoms with Gasteiger partial charge in [0, 0.05) is 16.5 Å². The first kappa shape index (κ1) is 16.8. The highest BCUT2D eigenvalue weighted by Crippen LogP contribution is 2.34. The molecule has 5 heteroatoms. The van der Waals surface area contributed by atoms with Crippen molar-refractivity contribution in [3.8, 4) is 5.75 Å². The molecule has 0 aliphatic heterocycles. The lowest BCUT2D eigenvalue weighted by Crippen LogP contribution is -2.14. The highest BCUT2D eigenvalue weighted by molar-refractivity contribution is 6.11. The van der Waals surface area contributed by atoms with Gasteiger partial charge in [-0.05, 0) is 37.3 Å². The van der Waals surface area contributed by atoms with Crippen molar-refractivity contribution >= 4 is 22.7 Å². The number of methoxy groups -OCH3 is 2. The third-order valence-corrected chi connectivity index (χ3v) is 4.18. The van der Waals surface area contributed by atoms with Crippen molar-refractivity contribution in [3.05, 3.63) is 65.4 Å². The summed E-state index contributed by atoms with van der Waals surface area (Å²) in [5, 5.41) is 0.734. The predicted molar refractivity (Wildman–Crippen MR) is 93.1 cm³/mol. The molecular weight excluding hydrogens is 320 g/mol. The van der Waals surface area contributed by atoms with Gasteiger partial charge in [-0.3, -0.25) is 9.59 Å². The lowest BCUT2D eigenvalue weighted by molar-refractivity contribution is -0.141. The Balaban J connectivity index is 2.13. The third kappa shape index (κ3) is 3.01. The molecule has 0 saturated carbocycles. The summed E-state index contributed by atoms with van der Waals surface area (Å²) < 4.78 is 15.8. The zero-order chi connectivity index (χ0) is 18.0. The molecule has 2 aromatic carbocycles. The summed E-state index contributed by atoms with van der Waals surface area (Å²) in [4.78, 5) is 25.0. The number of fused-ring (bicyclic) bond motifs is 1. The Morgan fingerprint density at radius 2 is 1.68 bits per heavy atom. The Morgan fingerprint density at radius 1 is 1.00 bits per heavy atom. The molecule has 0 N–H and O–H groups in total. The molecule has 0 aliphatic carbocycles. The molecule has 25 heavy (non-hydrogen) atoms. The van der Waals surface area contributed by atoms with Crippen LogP contribution in [-0.4, -0.2) is 26.0 Å². The van der Waals surface area contributed by atoms with Gasteiger partial charge in [-0.15, -0.1) is 0 Å². The number of ether oxygens (including phenoxy) is 2. The fourth-order valence-corrected chi connectivity index (χ4v) is 2.83. The zero-order valence-corrected chi connectivity index (χ0v) is 14.2. The molecule has 128 valence electrons. The normalized spacial score (nSPS) is 12.0. The number of esters is 1. The molecule has 0 fully saturated rings. The minimum absolute atomic E-state index is 0.157. The van der Waals surface area contributed by atoms with Crippen molar-refractivity contribution < 1.29 is 23.5 Å². The fourth-order valence-electron chi connectivity index (χ4n) is 2.83. The van der Waals surface area contributed by atoms with Gasteiger partial charge in [0.25, 0.3) is 0 Å². The third-order valence-electron chi connectivity index (χ3n) is 4.18. The van der Waals surface area contributed by atoms with Crippen LogP contribution in [0.25, 0.3) is 11.0 Å². The molecule has 1 heterocycles. The van der Waals surface area contributed by atoms with E-state index in [2.05, 4.69) is 0 Å². The summed E-state index contributed by atoms with van der Waals surface area (Å²) >= 11 is 0. The minimum atomic E-state index is -0.620. The van der Waals surface area contributed by atoms with Crippen LogP contribution in [0.15, 0.2) is 52.9 Å². The van der Waals surface area contributed by atoms with Crippen LogP contribution in [0.4, 0.5) is 0 Å². The summed E-state index contributed by atoms with van der Waals surface area (Å²) in [5.74, 6) is -0.514. The second kappa shape index (κ2) is 6.81. The molecule has 0 aliphatic rings. The first-order valence-corrected chi connectivity index (χ1v) is 7.84. The van der Waals surface area contributed by atoms with Crippen LogP contribution in [0.3, 0.4) is 0 Å². The Kier molecular flexibility index (Phi) is 4.57. The van der Waals surface area contributed by atoms with E-state index in [4.69, 9.17) is 13.9 Å². The summed E-state index contributed by atoms with van der Waals surface area (Å²) in [5.41, 5.74) is 1.56. The molecule has 0 unspecified atom stereocenters. The average Bonchev–Trinajstić information content (AvgIpc) is 3.05. The number of furan rings is 1. The van der Waals surface area contributed by atoms with E-state index >= 15 is 0 Å². The van der Waals surface area contributed by atoms with Gasteiger partial charge >= 0.3 is 5.97 Å². The molecule has 3 rings (SSSR count). The molecule has 1 aromatic heterocycles. The number of carbonyl (C=O) groups is 2. The first-order valence-electron chi connectivity index (χ1n) is 7.84. The van der Waals surface area contributed by atoms with Crippen LogP contribution in [0.1, 0.15) is 34.5 Å². The number of benzene rings is 2. The number of ketones is 1. The van der Waals surface area contributed by atoms with Gasteiger partial charge in [-0.1, -0.05) is 18.2 Å². The monoisotopic (exact) mass is 338 g/mol. The Morgan fingerprint density at radius 3 is 2.32 bits per heavy atom. The number of para-hydroxylation sites is 1. The van der Waals surface area contributed by atoms with Crippen molar-refractivity contribution in [1.82, 2.24) is 0 Å². The SMILES string of the molecule is COC(=O)[C@@H](C)c1c(C(=O)c2ccc(OC)cc2)oc2ccccc12. The number of carbonyl (C=O) groups excluding carboxylic acids is 2. The van der Waals surface area contributed by atoms with Gasteiger partial charge in [0.05, 0.1) is 20.1 Å². The van der Waals surface area contributed by atoms with Gasteiger partial charge in [0.2, 0.25) is 5.78 Å². The number of hydrogen-bond acceptors (Lipinski definition) is 5. The highest BCUT2D eigenvalue weighted by atomic mass is 16.5. The summed E-state index contributed by atoms with van der Waals surface area (Å²) in [6.45, 7) is 1.70. The van der Waals surface area contributed by atoms with E-state index in [1.165, 1.54) is 7.11 Å². The summed E-state index contributed by atoms with van der Waals surface area (Å²) in [6, 6.07) is 14.0. The van der Waals surface area contributed by atoms with Crippen LogP contribution >= 0.6 is 0 Å². The highest BCUT2D eigenvalue weighted by Gasteiger charge is 2.29. The maximum absolute atomic E-state index is 13.0. The largest absolute Gasteiger partial charge is 0.497 e. The van der Waals surface area contributed by atoms with E-state index < -0.39 is 11.9 Å². The fraction of sp³-hybridized carbons (Fsp3) is 0.200. The van der Waals surface area contributed by atoms with Crippen LogP contribution in [0, 0.1) is 0 Å². The van der Waals surface area contributed by atoms with Crippen molar-refractivity contribution in [1.29, 1.82) is 0 Å². The molecule has 0 bridgehead atoms. The maximum Gasteiger partial charge on any atom is 0.313 e. The Bertz CT molecular complexity index is 921. The van der Waals surface area contributed by atoms with Crippen LogP contribution < -0.4 is 4.74 Å². The van der Waals surface area contributed by atoms with Gasteiger partial charge < -0.3 is 13.9 Å². The van der Waals surface area contributed by atoms with Gasteiger partial charge in [-0.25, -0.2) is 0 Å². The molecule has 3 aromatic rings. The van der Waals surface area contributed by atoms with Gasteiger partial charge in [0.15, 0.2) is 5.76 Å². The summed E-state index contributed by atoms with van der Waals surface area (Å²) in [6.07, 6.45) is 0. The van der Waals surface area contributed by atoms with Crippen LogP contribution in [0.5, 0.6) is 5.75 Å². The van der Waals surface area contributed by atoms with E-state index in [0.29, 0.717) is 22.5 Å². The topological polar surface area (TPSA) is 65.7 Å². The number of rotatable bonds is 5. The molecule has 0 amide bonds. The Labute approximate surface area is 145 Å². The average molecular weight is 338 g/mol. The van der Waals surface area contributed by atoms with Crippen LogP contribution in [-0.2, 0) is 9.53 Å². The lowest BCUT2D eigenvalue weighted by Gasteiger charge is -2.10. The molecule has 1 atom stereocenters. The molecule has 0 radical (unpaired) electrons.